The van der Waals surface area contributed by atoms with Crippen LogP contribution in [-0.4, -0.2) is 33.4 Å². The molecule has 5 heteroatoms. The number of carboxylic acid groups (broad SMARTS) is 2. The van der Waals surface area contributed by atoms with E-state index in [4.69, 9.17) is 15.3 Å². The summed E-state index contributed by atoms with van der Waals surface area (Å²) in [5.74, 6) is -4.01. The molecule has 0 saturated carbocycles. The molecule has 0 aliphatic rings. The summed E-state index contributed by atoms with van der Waals surface area (Å²) in [7, 11) is 0. The van der Waals surface area contributed by atoms with Crippen molar-refractivity contribution < 1.29 is 24.9 Å². The van der Waals surface area contributed by atoms with Crippen molar-refractivity contribution in [2.45, 2.75) is 19.4 Å². The van der Waals surface area contributed by atoms with Crippen molar-refractivity contribution in [3.05, 3.63) is 0 Å². The van der Waals surface area contributed by atoms with Crippen molar-refractivity contribution in [1.29, 1.82) is 0 Å². The topological polar surface area (TPSA) is 94.8 Å². The Morgan fingerprint density at radius 1 is 1.27 bits per heavy atom. The highest BCUT2D eigenvalue weighted by molar-refractivity contribution is 5.81. The Kier molecular flexibility index (Phi) is 3.53. The zero-order valence-electron chi connectivity index (χ0n) is 6.02. The molecular weight excluding hydrogens is 152 g/mol. The van der Waals surface area contributed by atoms with Crippen LogP contribution in [0.15, 0.2) is 0 Å². The Labute approximate surface area is 63.3 Å². The second-order valence-corrected chi connectivity index (χ2v) is 2.14. The van der Waals surface area contributed by atoms with Crippen LogP contribution in [-0.2, 0) is 9.59 Å². The fourth-order valence-electron chi connectivity index (χ4n) is 0.705. The van der Waals surface area contributed by atoms with Gasteiger partial charge in [-0.3, -0.25) is 4.79 Å². The Morgan fingerprint density at radius 2 is 1.73 bits per heavy atom. The van der Waals surface area contributed by atoms with Crippen LogP contribution < -0.4 is 0 Å². The summed E-state index contributed by atoms with van der Waals surface area (Å²) in [6, 6.07) is 0. The quantitative estimate of drug-likeness (QED) is 0.520. The summed E-state index contributed by atoms with van der Waals surface area (Å²) in [6.07, 6.45) is -1.71. The van der Waals surface area contributed by atoms with Crippen LogP contribution in [0.2, 0.25) is 0 Å². The van der Waals surface area contributed by atoms with Gasteiger partial charge in [0.15, 0.2) is 6.10 Å². The van der Waals surface area contributed by atoms with Crippen molar-refractivity contribution >= 4 is 11.9 Å². The van der Waals surface area contributed by atoms with Crippen LogP contribution in [0.3, 0.4) is 0 Å². The molecule has 0 amide bonds. The van der Waals surface area contributed by atoms with Gasteiger partial charge in [-0.15, -0.1) is 0 Å². The molecule has 3 N–H and O–H groups in total. The number of carbonyl (C=O) groups is 2. The summed E-state index contributed by atoms with van der Waals surface area (Å²) in [6.45, 7) is 1.50. The van der Waals surface area contributed by atoms with E-state index >= 15 is 0 Å². The van der Waals surface area contributed by atoms with Crippen molar-refractivity contribution in [3.63, 3.8) is 0 Å². The van der Waals surface area contributed by atoms with E-state index in [1.807, 2.05) is 0 Å². The summed E-state index contributed by atoms with van der Waals surface area (Å²) in [5.41, 5.74) is 0. The first-order valence-corrected chi connectivity index (χ1v) is 3.14. The van der Waals surface area contributed by atoms with Gasteiger partial charge in [-0.1, -0.05) is 6.92 Å². The minimum Gasteiger partial charge on any atom is -0.481 e. The van der Waals surface area contributed by atoms with Crippen LogP contribution in [0, 0.1) is 5.92 Å². The van der Waals surface area contributed by atoms with Crippen molar-refractivity contribution in [2.75, 3.05) is 0 Å². The molecule has 64 valence electrons. The molecule has 5 nitrogen and oxygen atoms in total. The highest BCUT2D eigenvalue weighted by atomic mass is 16.4. The average Bonchev–Trinajstić information content (AvgIpc) is 1.88. The molecule has 0 aliphatic carbocycles. The first kappa shape index (κ1) is 9.90. The van der Waals surface area contributed by atoms with Crippen LogP contribution in [0.1, 0.15) is 13.3 Å². The van der Waals surface area contributed by atoms with Gasteiger partial charge in [0.25, 0.3) is 0 Å². The molecule has 0 aromatic carbocycles. The molecule has 0 spiro atoms. The van der Waals surface area contributed by atoms with E-state index in [0.717, 1.165) is 0 Å². The highest BCUT2D eigenvalue weighted by Gasteiger charge is 2.29. The van der Waals surface area contributed by atoms with Crippen LogP contribution >= 0.6 is 0 Å². The Balaban J connectivity index is 4.25. The Morgan fingerprint density at radius 3 is 1.82 bits per heavy atom. The van der Waals surface area contributed by atoms with E-state index < -0.39 is 24.0 Å². The maximum Gasteiger partial charge on any atom is 0.333 e. The molecular formula is C6H10O5. The van der Waals surface area contributed by atoms with E-state index in [-0.39, 0.29) is 6.42 Å². The predicted molar refractivity (Wildman–Crippen MR) is 35.1 cm³/mol. The smallest absolute Gasteiger partial charge is 0.333 e. The van der Waals surface area contributed by atoms with Gasteiger partial charge in [-0.2, -0.15) is 0 Å². The normalized spacial score (nSPS) is 15.5. The summed E-state index contributed by atoms with van der Waals surface area (Å²) < 4.78 is 0. The minimum absolute atomic E-state index is 0.100. The number of carboxylic acids is 2. The van der Waals surface area contributed by atoms with Crippen molar-refractivity contribution in [2.24, 2.45) is 5.92 Å². The van der Waals surface area contributed by atoms with Gasteiger partial charge in [-0.25, -0.2) is 4.79 Å². The largest absolute Gasteiger partial charge is 0.481 e. The third kappa shape index (κ3) is 2.55. The number of aliphatic hydroxyl groups excluding tert-OH is 1. The first-order valence-electron chi connectivity index (χ1n) is 3.14. The molecule has 11 heavy (non-hydrogen) atoms. The summed E-state index contributed by atoms with van der Waals surface area (Å²) in [5, 5.41) is 25.4. The summed E-state index contributed by atoms with van der Waals surface area (Å²) in [4.78, 5) is 20.3. The lowest BCUT2D eigenvalue weighted by atomic mass is 10.0. The van der Waals surface area contributed by atoms with Gasteiger partial charge < -0.3 is 15.3 Å². The lowest BCUT2D eigenvalue weighted by Crippen LogP contribution is -2.34. The molecule has 0 aromatic rings. The lowest BCUT2D eigenvalue weighted by molar-refractivity contribution is -0.159. The van der Waals surface area contributed by atoms with Gasteiger partial charge in [0.05, 0.1) is 5.92 Å². The zero-order chi connectivity index (χ0) is 9.02. The SMILES string of the molecule is CC[C@H](C(=O)O)[C@H](O)C(=O)O. The fraction of sp³-hybridized carbons (Fsp3) is 0.667. The zero-order valence-corrected chi connectivity index (χ0v) is 6.02. The van der Waals surface area contributed by atoms with Gasteiger partial charge in [0, 0.05) is 0 Å². The number of rotatable bonds is 4. The van der Waals surface area contributed by atoms with E-state index in [1.54, 1.807) is 0 Å². The van der Waals surface area contributed by atoms with Crippen LogP contribution in [0.5, 0.6) is 0 Å². The standard InChI is InChI=1S/C6H10O5/c1-2-3(5(8)9)4(7)6(10)11/h3-4,7H,2H2,1H3,(H,8,9)(H,10,11)/t3-,4-/m0/s1. The summed E-state index contributed by atoms with van der Waals surface area (Å²) >= 11 is 0. The molecule has 0 saturated heterocycles. The van der Waals surface area contributed by atoms with Crippen LogP contribution in [0.25, 0.3) is 0 Å². The maximum absolute atomic E-state index is 10.3. The van der Waals surface area contributed by atoms with Gasteiger partial charge in [0.1, 0.15) is 0 Å². The van der Waals surface area contributed by atoms with Gasteiger partial charge in [0.2, 0.25) is 0 Å². The molecule has 2 atom stereocenters. The van der Waals surface area contributed by atoms with E-state index in [2.05, 4.69) is 0 Å². The van der Waals surface area contributed by atoms with E-state index in [1.165, 1.54) is 6.92 Å². The third-order valence-corrected chi connectivity index (χ3v) is 1.39. The molecule has 0 rings (SSSR count). The lowest BCUT2D eigenvalue weighted by Gasteiger charge is -2.12. The maximum atomic E-state index is 10.3. The molecule has 0 fully saturated rings. The first-order chi connectivity index (χ1) is 5.00. The number of hydrogen-bond acceptors (Lipinski definition) is 3. The molecule has 0 aromatic heterocycles. The monoisotopic (exact) mass is 162 g/mol. The number of aliphatic hydroxyl groups is 1. The molecule has 0 aliphatic heterocycles. The number of hydrogen-bond donors (Lipinski definition) is 3. The second-order valence-electron chi connectivity index (χ2n) is 2.14. The van der Waals surface area contributed by atoms with Crippen molar-refractivity contribution in [3.8, 4) is 0 Å². The minimum atomic E-state index is -1.81. The van der Waals surface area contributed by atoms with Gasteiger partial charge in [-0.05, 0) is 6.42 Å². The highest BCUT2D eigenvalue weighted by Crippen LogP contribution is 2.08. The van der Waals surface area contributed by atoms with E-state index in [9.17, 15) is 9.59 Å². The molecule has 0 radical (unpaired) electrons. The van der Waals surface area contributed by atoms with E-state index in [0.29, 0.717) is 0 Å². The average molecular weight is 162 g/mol. The van der Waals surface area contributed by atoms with Crippen LogP contribution in [0.4, 0.5) is 0 Å². The number of aliphatic carboxylic acids is 2. The molecule has 0 unspecified atom stereocenters. The third-order valence-electron chi connectivity index (χ3n) is 1.39. The Bertz CT molecular complexity index is 164. The van der Waals surface area contributed by atoms with Crippen molar-refractivity contribution in [1.82, 2.24) is 0 Å². The Hall–Kier alpha value is -1.10. The molecule has 0 bridgehead atoms. The predicted octanol–water partition coefficient (Wildman–Crippen LogP) is -0.457. The fourth-order valence-corrected chi connectivity index (χ4v) is 0.705. The second kappa shape index (κ2) is 3.92. The van der Waals surface area contributed by atoms with Gasteiger partial charge >= 0.3 is 11.9 Å². The molecule has 0 heterocycles.